The van der Waals surface area contributed by atoms with Crippen molar-refractivity contribution in [3.63, 3.8) is 0 Å². The maximum Gasteiger partial charge on any atom is 0.409 e. The standard InChI is InChI=1S/C19H33N5O3/c1-8-27-17(26)23-11-9-22(10-12-23)16(25)20-15-13-14(18(2,3)4)21-24(15)19(5,6)7/h13H,8-12H2,1-7H3,(H,20,25). The molecule has 0 bridgehead atoms. The third-order valence-corrected chi connectivity index (χ3v) is 4.44. The van der Waals surface area contributed by atoms with Gasteiger partial charge >= 0.3 is 12.1 Å². The zero-order valence-corrected chi connectivity index (χ0v) is 17.6. The number of hydrogen-bond acceptors (Lipinski definition) is 4. The van der Waals surface area contributed by atoms with Crippen LogP contribution in [-0.4, -0.2) is 64.5 Å². The fourth-order valence-electron chi connectivity index (χ4n) is 2.84. The van der Waals surface area contributed by atoms with E-state index in [1.807, 2.05) is 10.7 Å². The van der Waals surface area contributed by atoms with Gasteiger partial charge in [0.2, 0.25) is 0 Å². The predicted molar refractivity (Wildman–Crippen MR) is 105 cm³/mol. The van der Waals surface area contributed by atoms with E-state index in [2.05, 4.69) is 46.9 Å². The maximum absolute atomic E-state index is 12.7. The molecule has 1 saturated heterocycles. The van der Waals surface area contributed by atoms with Crippen molar-refractivity contribution in [1.82, 2.24) is 19.6 Å². The molecule has 0 atom stereocenters. The summed E-state index contributed by atoms with van der Waals surface area (Å²) in [5.41, 5.74) is 0.565. The Balaban J connectivity index is 2.08. The Bertz CT molecular complexity index is 676. The van der Waals surface area contributed by atoms with Gasteiger partial charge in [0.15, 0.2) is 0 Å². The smallest absolute Gasteiger partial charge is 0.409 e. The van der Waals surface area contributed by atoms with E-state index in [1.54, 1.807) is 16.7 Å². The van der Waals surface area contributed by atoms with Crippen molar-refractivity contribution in [2.45, 2.75) is 59.4 Å². The lowest BCUT2D eigenvalue weighted by Gasteiger charge is -2.34. The molecule has 8 heteroatoms. The zero-order chi connectivity index (χ0) is 20.4. The average molecular weight is 380 g/mol. The minimum atomic E-state index is -0.321. The Morgan fingerprint density at radius 2 is 1.63 bits per heavy atom. The van der Waals surface area contributed by atoms with Crippen molar-refractivity contribution in [3.8, 4) is 0 Å². The van der Waals surface area contributed by atoms with Gasteiger partial charge in [-0.05, 0) is 27.7 Å². The number of ether oxygens (including phenoxy) is 1. The van der Waals surface area contributed by atoms with E-state index < -0.39 is 0 Å². The Morgan fingerprint density at radius 3 is 2.11 bits per heavy atom. The van der Waals surface area contributed by atoms with Gasteiger partial charge in [0, 0.05) is 37.7 Å². The summed E-state index contributed by atoms with van der Waals surface area (Å²) >= 11 is 0. The van der Waals surface area contributed by atoms with Gasteiger partial charge in [-0.3, -0.25) is 5.32 Å². The number of urea groups is 1. The molecule has 1 aromatic rings. The maximum atomic E-state index is 12.7. The number of piperazine rings is 1. The fraction of sp³-hybridized carbons (Fsp3) is 0.737. The minimum Gasteiger partial charge on any atom is -0.450 e. The number of aromatic nitrogens is 2. The van der Waals surface area contributed by atoms with Gasteiger partial charge in [-0.2, -0.15) is 5.10 Å². The van der Waals surface area contributed by atoms with Crippen molar-refractivity contribution in [3.05, 3.63) is 11.8 Å². The van der Waals surface area contributed by atoms with Crippen LogP contribution in [-0.2, 0) is 15.7 Å². The molecule has 3 amide bonds. The van der Waals surface area contributed by atoms with Gasteiger partial charge in [-0.25, -0.2) is 14.3 Å². The number of carbonyl (C=O) groups excluding carboxylic acids is 2. The van der Waals surface area contributed by atoms with Gasteiger partial charge in [0.25, 0.3) is 0 Å². The van der Waals surface area contributed by atoms with E-state index in [1.165, 1.54) is 0 Å². The van der Waals surface area contributed by atoms with Crippen LogP contribution in [0.2, 0.25) is 0 Å². The van der Waals surface area contributed by atoms with Crippen molar-refractivity contribution < 1.29 is 14.3 Å². The van der Waals surface area contributed by atoms with Crippen LogP contribution in [0.3, 0.4) is 0 Å². The van der Waals surface area contributed by atoms with E-state index in [0.29, 0.717) is 38.6 Å². The summed E-state index contributed by atoms with van der Waals surface area (Å²) in [4.78, 5) is 27.9. The number of amides is 3. The zero-order valence-electron chi connectivity index (χ0n) is 17.6. The van der Waals surface area contributed by atoms with Crippen LogP contribution in [0.4, 0.5) is 15.4 Å². The second kappa shape index (κ2) is 7.78. The van der Waals surface area contributed by atoms with Crippen LogP contribution in [0.5, 0.6) is 0 Å². The monoisotopic (exact) mass is 379 g/mol. The molecule has 1 N–H and O–H groups in total. The third-order valence-electron chi connectivity index (χ3n) is 4.44. The highest BCUT2D eigenvalue weighted by molar-refractivity contribution is 5.88. The molecule has 0 saturated carbocycles. The van der Waals surface area contributed by atoms with E-state index in [9.17, 15) is 9.59 Å². The highest BCUT2D eigenvalue weighted by Crippen LogP contribution is 2.28. The Morgan fingerprint density at radius 1 is 1.07 bits per heavy atom. The van der Waals surface area contributed by atoms with Crippen molar-refractivity contribution >= 4 is 17.9 Å². The number of nitrogens with zero attached hydrogens (tertiary/aromatic N) is 4. The molecular formula is C19H33N5O3. The summed E-state index contributed by atoms with van der Waals surface area (Å²) < 4.78 is 6.88. The molecule has 1 fully saturated rings. The molecule has 1 aliphatic heterocycles. The molecule has 2 rings (SSSR count). The number of nitrogens with one attached hydrogen (secondary N) is 1. The van der Waals surface area contributed by atoms with Gasteiger partial charge < -0.3 is 14.5 Å². The molecule has 0 aromatic carbocycles. The van der Waals surface area contributed by atoms with E-state index >= 15 is 0 Å². The first-order valence-corrected chi connectivity index (χ1v) is 9.52. The lowest BCUT2D eigenvalue weighted by molar-refractivity contribution is 0.0868. The van der Waals surface area contributed by atoms with Crippen LogP contribution in [0, 0.1) is 0 Å². The normalized spacial score (nSPS) is 15.7. The van der Waals surface area contributed by atoms with Crippen LogP contribution >= 0.6 is 0 Å². The largest absolute Gasteiger partial charge is 0.450 e. The van der Waals surface area contributed by atoms with Crippen molar-refractivity contribution in [1.29, 1.82) is 0 Å². The first-order chi connectivity index (χ1) is 12.4. The SMILES string of the molecule is CCOC(=O)N1CCN(C(=O)Nc2cc(C(C)(C)C)nn2C(C)(C)C)CC1. The van der Waals surface area contributed by atoms with Gasteiger partial charge in [-0.1, -0.05) is 20.8 Å². The summed E-state index contributed by atoms with van der Waals surface area (Å²) in [6.45, 7) is 16.5. The van der Waals surface area contributed by atoms with E-state index in [0.717, 1.165) is 5.69 Å². The predicted octanol–water partition coefficient (Wildman–Crippen LogP) is 3.24. The lowest BCUT2D eigenvalue weighted by Crippen LogP contribution is -2.52. The van der Waals surface area contributed by atoms with E-state index in [4.69, 9.17) is 9.84 Å². The molecule has 8 nitrogen and oxygen atoms in total. The van der Waals surface area contributed by atoms with Crippen LogP contribution in [0.1, 0.15) is 54.2 Å². The first-order valence-electron chi connectivity index (χ1n) is 9.52. The molecule has 0 spiro atoms. The molecule has 2 heterocycles. The molecular weight excluding hydrogens is 346 g/mol. The Labute approximate surface area is 161 Å². The fourth-order valence-corrected chi connectivity index (χ4v) is 2.84. The quantitative estimate of drug-likeness (QED) is 0.855. The highest BCUT2D eigenvalue weighted by Gasteiger charge is 2.28. The van der Waals surface area contributed by atoms with Gasteiger partial charge in [0.05, 0.1) is 17.8 Å². The minimum absolute atomic E-state index is 0.110. The first kappa shape index (κ1) is 21.1. The number of rotatable bonds is 2. The van der Waals surface area contributed by atoms with Crippen molar-refractivity contribution in [2.75, 3.05) is 38.1 Å². The number of carbonyl (C=O) groups is 2. The third kappa shape index (κ3) is 5.14. The average Bonchev–Trinajstić information content (AvgIpc) is 2.99. The van der Waals surface area contributed by atoms with Crippen LogP contribution in [0.15, 0.2) is 6.07 Å². The molecule has 0 unspecified atom stereocenters. The van der Waals surface area contributed by atoms with E-state index in [-0.39, 0.29) is 23.1 Å². The van der Waals surface area contributed by atoms with Gasteiger partial charge in [0.1, 0.15) is 5.82 Å². The second-order valence-electron chi connectivity index (χ2n) is 8.85. The molecule has 1 aliphatic rings. The topological polar surface area (TPSA) is 79.7 Å². The van der Waals surface area contributed by atoms with Crippen LogP contribution < -0.4 is 5.32 Å². The Kier molecular flexibility index (Phi) is 6.07. The molecule has 27 heavy (non-hydrogen) atoms. The summed E-state index contributed by atoms with van der Waals surface area (Å²) in [6, 6.07) is 1.77. The summed E-state index contributed by atoms with van der Waals surface area (Å²) in [7, 11) is 0. The number of anilines is 1. The number of hydrogen-bond donors (Lipinski definition) is 1. The van der Waals surface area contributed by atoms with Crippen LogP contribution in [0.25, 0.3) is 0 Å². The molecule has 152 valence electrons. The lowest BCUT2D eigenvalue weighted by atomic mass is 9.92. The molecule has 1 aromatic heterocycles. The highest BCUT2D eigenvalue weighted by atomic mass is 16.6. The summed E-state index contributed by atoms with van der Waals surface area (Å²) in [5.74, 6) is 0.685. The summed E-state index contributed by atoms with van der Waals surface area (Å²) in [5, 5.41) is 7.72. The summed E-state index contributed by atoms with van der Waals surface area (Å²) in [6.07, 6.45) is -0.321. The molecule has 0 radical (unpaired) electrons. The Hall–Kier alpha value is -2.25. The van der Waals surface area contributed by atoms with Crippen molar-refractivity contribution in [2.24, 2.45) is 0 Å². The molecule has 0 aliphatic carbocycles. The van der Waals surface area contributed by atoms with Gasteiger partial charge in [-0.15, -0.1) is 0 Å². The second-order valence-corrected chi connectivity index (χ2v) is 8.85.